The number of hydrogen-bond acceptors (Lipinski definition) is 3. The summed E-state index contributed by atoms with van der Waals surface area (Å²) < 4.78 is 5.40. The molecule has 1 saturated carbocycles. The maximum atomic E-state index is 10.6. The number of ether oxygens (including phenoxy) is 1. The predicted molar refractivity (Wildman–Crippen MR) is 55.7 cm³/mol. The quantitative estimate of drug-likeness (QED) is 0.715. The summed E-state index contributed by atoms with van der Waals surface area (Å²) in [6.07, 6.45) is 3.65. The molecule has 1 heterocycles. The lowest BCUT2D eigenvalue weighted by atomic mass is 10.1. The molecule has 2 rings (SSSR count). The van der Waals surface area contributed by atoms with Gasteiger partial charge in [-0.1, -0.05) is 6.92 Å². The van der Waals surface area contributed by atoms with E-state index in [9.17, 15) is 4.79 Å². The Kier molecular flexibility index (Phi) is 2.98. The lowest BCUT2D eigenvalue weighted by Gasteiger charge is -2.14. The summed E-state index contributed by atoms with van der Waals surface area (Å²) >= 11 is 0. The molecular formula is C11H19NO3. The zero-order chi connectivity index (χ0) is 10.9. The van der Waals surface area contributed by atoms with Gasteiger partial charge in [-0.2, -0.15) is 0 Å². The normalized spacial score (nSPS) is 32.9. The maximum absolute atomic E-state index is 10.6. The first-order chi connectivity index (χ1) is 7.09. The zero-order valence-electron chi connectivity index (χ0n) is 9.16. The van der Waals surface area contributed by atoms with Crippen LogP contribution in [0.3, 0.4) is 0 Å². The second kappa shape index (κ2) is 4.10. The van der Waals surface area contributed by atoms with E-state index in [1.807, 2.05) is 0 Å². The molecule has 0 radical (unpaired) electrons. The van der Waals surface area contributed by atoms with Crippen molar-refractivity contribution in [2.24, 2.45) is 5.41 Å². The second-order valence-corrected chi connectivity index (χ2v) is 5.10. The third kappa shape index (κ3) is 2.92. The number of carbonyl (C=O) groups is 1. The molecule has 2 N–H and O–H groups in total. The van der Waals surface area contributed by atoms with Crippen molar-refractivity contribution in [3.63, 3.8) is 0 Å². The molecule has 0 bridgehead atoms. The summed E-state index contributed by atoms with van der Waals surface area (Å²) in [4.78, 5) is 10.6. The van der Waals surface area contributed by atoms with Crippen LogP contribution in [0.4, 0.5) is 0 Å². The Labute approximate surface area is 90.0 Å². The van der Waals surface area contributed by atoms with E-state index in [0.29, 0.717) is 11.8 Å². The summed E-state index contributed by atoms with van der Waals surface area (Å²) in [5.41, 5.74) is 0.505. The van der Waals surface area contributed by atoms with Gasteiger partial charge < -0.3 is 15.2 Å². The van der Waals surface area contributed by atoms with E-state index >= 15 is 0 Å². The van der Waals surface area contributed by atoms with Crippen molar-refractivity contribution in [2.45, 2.75) is 44.8 Å². The van der Waals surface area contributed by atoms with E-state index in [-0.39, 0.29) is 6.10 Å². The molecule has 2 fully saturated rings. The minimum atomic E-state index is -0.827. The Hall–Kier alpha value is -0.610. The monoisotopic (exact) mass is 213 g/mol. The van der Waals surface area contributed by atoms with Crippen molar-refractivity contribution in [2.75, 3.05) is 13.1 Å². The van der Waals surface area contributed by atoms with Crippen LogP contribution in [-0.4, -0.2) is 36.4 Å². The van der Waals surface area contributed by atoms with Gasteiger partial charge >= 0.3 is 5.97 Å². The van der Waals surface area contributed by atoms with Crippen LogP contribution in [-0.2, 0) is 9.53 Å². The van der Waals surface area contributed by atoms with Gasteiger partial charge in [0.1, 0.15) is 0 Å². The minimum absolute atomic E-state index is 0.0912. The average molecular weight is 213 g/mol. The predicted octanol–water partition coefficient (Wildman–Crippen LogP) is 1.01. The number of hydrogen-bond donors (Lipinski definition) is 2. The van der Waals surface area contributed by atoms with E-state index in [4.69, 9.17) is 9.84 Å². The van der Waals surface area contributed by atoms with Crippen molar-refractivity contribution >= 4 is 5.97 Å². The SMILES string of the molecule is CC1(CNCC2CCC(C(=O)O)O2)CC1. The zero-order valence-corrected chi connectivity index (χ0v) is 9.16. The Bertz CT molecular complexity index is 250. The molecule has 15 heavy (non-hydrogen) atoms. The molecule has 0 aromatic carbocycles. The van der Waals surface area contributed by atoms with E-state index in [2.05, 4.69) is 12.2 Å². The maximum Gasteiger partial charge on any atom is 0.332 e. The molecular weight excluding hydrogens is 194 g/mol. The van der Waals surface area contributed by atoms with E-state index < -0.39 is 12.1 Å². The molecule has 2 atom stereocenters. The van der Waals surface area contributed by atoms with Gasteiger partial charge in [0.05, 0.1) is 6.10 Å². The molecule has 1 aliphatic heterocycles. The highest BCUT2D eigenvalue weighted by molar-refractivity contribution is 5.72. The Morgan fingerprint density at radius 2 is 2.27 bits per heavy atom. The largest absolute Gasteiger partial charge is 0.479 e. The Morgan fingerprint density at radius 1 is 1.53 bits per heavy atom. The summed E-state index contributed by atoms with van der Waals surface area (Å²) in [6.45, 7) is 4.10. The first-order valence-electron chi connectivity index (χ1n) is 5.68. The van der Waals surface area contributed by atoms with E-state index in [1.165, 1.54) is 12.8 Å². The van der Waals surface area contributed by atoms with Crippen LogP contribution in [0.15, 0.2) is 0 Å². The van der Waals surface area contributed by atoms with Crippen molar-refractivity contribution in [3.05, 3.63) is 0 Å². The van der Waals surface area contributed by atoms with E-state index in [1.54, 1.807) is 0 Å². The van der Waals surface area contributed by atoms with Crippen molar-refractivity contribution < 1.29 is 14.6 Å². The Balaban J connectivity index is 1.62. The van der Waals surface area contributed by atoms with Crippen LogP contribution in [0.5, 0.6) is 0 Å². The van der Waals surface area contributed by atoms with Crippen molar-refractivity contribution in [1.82, 2.24) is 5.32 Å². The van der Waals surface area contributed by atoms with Crippen LogP contribution >= 0.6 is 0 Å². The first kappa shape index (κ1) is 10.9. The lowest BCUT2D eigenvalue weighted by Crippen LogP contribution is -2.32. The molecule has 0 amide bonds. The van der Waals surface area contributed by atoms with Gasteiger partial charge in [-0.15, -0.1) is 0 Å². The fraction of sp³-hybridized carbons (Fsp3) is 0.909. The van der Waals surface area contributed by atoms with Crippen LogP contribution < -0.4 is 5.32 Å². The molecule has 2 aliphatic rings. The summed E-state index contributed by atoms with van der Waals surface area (Å²) in [5.74, 6) is -0.827. The molecule has 0 spiro atoms. The number of carboxylic acids is 1. The molecule has 86 valence electrons. The highest BCUT2D eigenvalue weighted by Crippen LogP contribution is 2.44. The van der Waals surface area contributed by atoms with Crippen LogP contribution in [0, 0.1) is 5.41 Å². The van der Waals surface area contributed by atoms with Crippen LogP contribution in [0.2, 0.25) is 0 Å². The average Bonchev–Trinajstić information content (AvgIpc) is 2.74. The molecule has 0 aromatic heterocycles. The van der Waals surface area contributed by atoms with Crippen LogP contribution in [0.25, 0.3) is 0 Å². The minimum Gasteiger partial charge on any atom is -0.479 e. The fourth-order valence-corrected chi connectivity index (χ4v) is 1.96. The molecule has 0 aromatic rings. The number of carboxylic acid groups (broad SMARTS) is 1. The smallest absolute Gasteiger partial charge is 0.332 e. The highest BCUT2D eigenvalue weighted by atomic mass is 16.5. The summed E-state index contributed by atoms with van der Waals surface area (Å²) in [7, 11) is 0. The van der Waals surface area contributed by atoms with Gasteiger partial charge in [0.2, 0.25) is 0 Å². The Morgan fingerprint density at radius 3 is 2.80 bits per heavy atom. The molecule has 1 aliphatic carbocycles. The highest BCUT2D eigenvalue weighted by Gasteiger charge is 2.37. The third-order valence-corrected chi connectivity index (χ3v) is 3.41. The van der Waals surface area contributed by atoms with Gasteiger partial charge in [-0.25, -0.2) is 4.79 Å². The number of aliphatic carboxylic acids is 1. The molecule has 4 nitrogen and oxygen atoms in total. The first-order valence-corrected chi connectivity index (χ1v) is 5.68. The van der Waals surface area contributed by atoms with Gasteiger partial charge in [0.25, 0.3) is 0 Å². The summed E-state index contributed by atoms with van der Waals surface area (Å²) in [6, 6.07) is 0. The van der Waals surface area contributed by atoms with Crippen LogP contribution in [0.1, 0.15) is 32.6 Å². The molecule has 1 saturated heterocycles. The fourth-order valence-electron chi connectivity index (χ4n) is 1.96. The van der Waals surface area contributed by atoms with Gasteiger partial charge in [0.15, 0.2) is 6.10 Å². The van der Waals surface area contributed by atoms with E-state index in [0.717, 1.165) is 19.5 Å². The second-order valence-electron chi connectivity index (χ2n) is 5.10. The van der Waals surface area contributed by atoms with Crippen molar-refractivity contribution in [1.29, 1.82) is 0 Å². The number of rotatable bonds is 5. The van der Waals surface area contributed by atoms with Crippen molar-refractivity contribution in [3.8, 4) is 0 Å². The standard InChI is InChI=1S/C11H19NO3/c1-11(4-5-11)7-12-6-8-2-3-9(15-8)10(13)14/h8-9,12H,2-7H2,1H3,(H,13,14). The van der Waals surface area contributed by atoms with Gasteiger partial charge in [-0.05, 0) is 31.1 Å². The number of nitrogens with one attached hydrogen (secondary N) is 1. The van der Waals surface area contributed by atoms with Gasteiger partial charge in [0, 0.05) is 13.1 Å². The molecule has 4 heteroatoms. The topological polar surface area (TPSA) is 58.6 Å². The molecule has 2 unspecified atom stereocenters. The third-order valence-electron chi connectivity index (χ3n) is 3.41. The summed E-state index contributed by atoms with van der Waals surface area (Å²) in [5, 5.41) is 12.1. The lowest BCUT2D eigenvalue weighted by molar-refractivity contribution is -0.149. The van der Waals surface area contributed by atoms with Gasteiger partial charge in [-0.3, -0.25) is 0 Å².